The number of halogens is 2. The molecule has 60 heavy (non-hydrogen) atoms. The van der Waals surface area contributed by atoms with Crippen LogP contribution in [0.3, 0.4) is 0 Å². The summed E-state index contributed by atoms with van der Waals surface area (Å²) in [5.41, 5.74) is 19.3. The van der Waals surface area contributed by atoms with Gasteiger partial charge in [-0.1, -0.05) is 65.7 Å². The molecule has 3 fully saturated rings. The summed E-state index contributed by atoms with van der Waals surface area (Å²) in [6.07, 6.45) is 30.6. The molecule has 9 rings (SSSR count). The molecule has 0 aliphatic heterocycles. The Hall–Kier alpha value is -2.67. The van der Waals surface area contributed by atoms with E-state index in [2.05, 4.69) is 148 Å². The average Bonchev–Trinajstić information content (AvgIpc) is 3.80. The van der Waals surface area contributed by atoms with Gasteiger partial charge in [0.15, 0.2) is 0 Å². The molecule has 6 heteroatoms. The van der Waals surface area contributed by atoms with E-state index in [1.807, 2.05) is 0 Å². The molecule has 0 radical (unpaired) electrons. The summed E-state index contributed by atoms with van der Waals surface area (Å²) >= 11 is -0.295. The summed E-state index contributed by atoms with van der Waals surface area (Å²) in [5.74, 6) is 0. The van der Waals surface area contributed by atoms with Crippen LogP contribution in [0.25, 0.3) is 16.9 Å². The number of rotatable bonds is 6. The second-order valence-electron chi connectivity index (χ2n) is 18.0. The van der Waals surface area contributed by atoms with Crippen molar-refractivity contribution in [2.45, 2.75) is 155 Å². The molecule has 3 saturated carbocycles. The Labute approximate surface area is 382 Å². The van der Waals surface area contributed by atoms with Crippen LogP contribution in [0.4, 0.5) is 0 Å². The maximum absolute atomic E-state index is 2.46. The van der Waals surface area contributed by atoms with Gasteiger partial charge in [0.2, 0.25) is 0 Å². The van der Waals surface area contributed by atoms with Crippen LogP contribution in [0, 0.1) is 45.6 Å². The maximum Gasteiger partial charge on any atom is -0.147 e. The van der Waals surface area contributed by atoms with Crippen LogP contribution >= 0.6 is 32.7 Å². The molecular weight excluding hydrogens is 880 g/mol. The summed E-state index contributed by atoms with van der Waals surface area (Å²) in [6, 6.07) is 28.9. The smallest absolute Gasteiger partial charge is 0.147 e. The summed E-state index contributed by atoms with van der Waals surface area (Å²) in [5, 5.41) is 0. The number of nitrogens with zero attached hydrogens (tertiary/aromatic N) is 2. The minimum absolute atomic E-state index is 0. The van der Waals surface area contributed by atoms with E-state index >= 15 is 0 Å². The molecule has 1 aromatic heterocycles. The molecule has 0 atom stereocenters. The quantitative estimate of drug-likeness (QED) is 0.119. The summed E-state index contributed by atoms with van der Waals surface area (Å²) in [7, 11) is 0.385. The zero-order valence-corrected chi connectivity index (χ0v) is 41.4. The van der Waals surface area contributed by atoms with Gasteiger partial charge in [0.1, 0.15) is 0 Å². The minimum Gasteiger partial charge on any atom is -0.147 e. The first-order valence-electron chi connectivity index (χ1n) is 22.7. The third-order valence-electron chi connectivity index (χ3n) is 13.5. The number of aryl methyl sites for hydroxylation is 6. The molecule has 4 aliphatic rings. The Morgan fingerprint density at radius 1 is 0.483 bits per heavy atom. The van der Waals surface area contributed by atoms with Gasteiger partial charge < -0.3 is 0 Å². The van der Waals surface area contributed by atoms with Crippen molar-refractivity contribution in [3.63, 3.8) is 0 Å². The Morgan fingerprint density at radius 2 is 0.867 bits per heavy atom. The summed E-state index contributed by atoms with van der Waals surface area (Å²) < 4.78 is 7.72. The molecule has 4 aromatic carbocycles. The van der Waals surface area contributed by atoms with Gasteiger partial charge in [-0.05, 0) is 55.5 Å². The van der Waals surface area contributed by atoms with Crippen LogP contribution in [0.15, 0.2) is 97.3 Å². The Kier molecular flexibility index (Phi) is 16.9. The van der Waals surface area contributed by atoms with E-state index in [-0.39, 0.29) is 41.0 Å². The predicted molar refractivity (Wildman–Crippen MR) is 263 cm³/mol. The van der Waals surface area contributed by atoms with Gasteiger partial charge in [-0.2, -0.15) is 0 Å². The van der Waals surface area contributed by atoms with E-state index in [9.17, 15) is 0 Å². The van der Waals surface area contributed by atoms with Gasteiger partial charge in [0, 0.05) is 0 Å². The van der Waals surface area contributed by atoms with Crippen molar-refractivity contribution in [1.82, 2.24) is 9.13 Å². The molecule has 1 heterocycles. The van der Waals surface area contributed by atoms with Crippen LogP contribution in [0.1, 0.15) is 146 Å². The number of allylic oxidation sites excluding steroid dienone is 1. The van der Waals surface area contributed by atoms with E-state index < -0.39 is 0 Å². The van der Waals surface area contributed by atoms with Crippen molar-refractivity contribution >= 4 is 42.4 Å². The van der Waals surface area contributed by atoms with Gasteiger partial charge in [-0.15, -0.1) is 24.8 Å². The van der Waals surface area contributed by atoms with Crippen molar-refractivity contribution in [2.24, 2.45) is 0 Å². The van der Waals surface area contributed by atoms with Crippen molar-refractivity contribution in [3.8, 4) is 11.4 Å². The van der Waals surface area contributed by atoms with E-state index in [0.29, 0.717) is 7.92 Å². The first-order chi connectivity index (χ1) is 28.3. The van der Waals surface area contributed by atoms with Crippen molar-refractivity contribution in [2.75, 3.05) is 0 Å². The molecule has 0 saturated heterocycles. The minimum atomic E-state index is -0.295. The molecule has 0 unspecified atom stereocenters. The fourth-order valence-electron chi connectivity index (χ4n) is 11.1. The van der Waals surface area contributed by atoms with Crippen LogP contribution in [0.2, 0.25) is 0 Å². The molecule has 322 valence electrons. The topological polar surface area (TPSA) is 9.86 Å². The molecule has 4 aliphatic carbocycles. The molecule has 5 aromatic rings. The van der Waals surface area contributed by atoms with Crippen LogP contribution in [0.5, 0.6) is 0 Å². The number of imidazole rings is 1. The molecule has 0 N–H and O–H groups in total. The van der Waals surface area contributed by atoms with E-state index in [0.717, 1.165) is 0 Å². The Balaban J connectivity index is 0.000000242. The second kappa shape index (κ2) is 21.6. The van der Waals surface area contributed by atoms with Gasteiger partial charge in [-0.25, -0.2) is 0 Å². The molecule has 0 amide bonds. The summed E-state index contributed by atoms with van der Waals surface area (Å²) in [6.45, 7) is 13.3. The number of benzene rings is 4. The maximum atomic E-state index is 2.46. The fraction of sp³-hybridized carbons (Fsp3) is 0.444. The van der Waals surface area contributed by atoms with E-state index in [1.165, 1.54) is 111 Å². The van der Waals surface area contributed by atoms with Crippen LogP contribution in [-0.4, -0.2) is 30.2 Å². The number of fused-ring (bicyclic) bond motifs is 1. The Bertz CT molecular complexity index is 2200. The van der Waals surface area contributed by atoms with Gasteiger partial charge in [-0.3, -0.25) is 0 Å². The van der Waals surface area contributed by atoms with Crippen molar-refractivity contribution in [3.05, 3.63) is 151 Å². The van der Waals surface area contributed by atoms with Gasteiger partial charge in [0.25, 0.3) is 0 Å². The molecule has 0 spiro atoms. The zero-order chi connectivity index (χ0) is 40.2. The molecule has 2 nitrogen and oxygen atoms in total. The average molecular weight is 949 g/mol. The first kappa shape index (κ1) is 46.8. The first-order valence-corrected chi connectivity index (χ1v) is 26.0. The Morgan fingerprint density at radius 3 is 1.28 bits per heavy atom. The normalized spacial score (nSPS) is 17.3. The molecular formula is C54H69Cl2N2PRu. The fourth-order valence-corrected chi connectivity index (χ4v) is 18.3. The van der Waals surface area contributed by atoms with Gasteiger partial charge in [0.05, 0.1) is 0 Å². The number of hydrogen-bond acceptors (Lipinski definition) is 0. The third kappa shape index (κ3) is 10.4. The summed E-state index contributed by atoms with van der Waals surface area (Å²) in [4.78, 5) is 0. The van der Waals surface area contributed by atoms with Crippen molar-refractivity contribution in [1.29, 1.82) is 0 Å². The predicted octanol–water partition coefficient (Wildman–Crippen LogP) is 15.7. The van der Waals surface area contributed by atoms with Crippen LogP contribution < -0.4 is 0 Å². The monoisotopic (exact) mass is 948 g/mol. The van der Waals surface area contributed by atoms with Crippen LogP contribution in [-0.2, 0) is 16.2 Å². The van der Waals surface area contributed by atoms with Crippen molar-refractivity contribution < 1.29 is 16.2 Å². The number of hydrogen-bond donors (Lipinski definition) is 0. The number of aromatic nitrogens is 2. The van der Waals surface area contributed by atoms with E-state index in [4.69, 9.17) is 0 Å². The molecule has 0 bridgehead atoms. The standard InChI is InChI=1S/C21H24N2.C18H33P.C15H10.2ClH.Ru/c1-14-9-16(3)20(17(4)10-14)22-7-8-23(13-22)21-18(5)11-15(2)12-19(21)6;1-4-10-16(11-5-1)19(17-12-6-2-7-13-17)18-14-8-3-9-15-18;1-2-6-12(7-3-1)15-11-10-13-8-4-5-9-14(13)15;;;/h7-12H,1-6H3;16-18H,1-15H2;1-9,11H;2*1H;. The SMILES string of the molecule is C1CCC(P(C2CCCCC2)C2CCCCC2)CC1.Cc1cc(C)c(-n2ccn(-c3c(C)cc(C)cc3C)[c]2=[Ru]=[C]2C=C(c3ccccc3)c3ccccc32)c(C)c1.Cl.Cl. The van der Waals surface area contributed by atoms with Gasteiger partial charge >= 0.3 is 239 Å². The second-order valence-corrected chi connectivity index (χ2v) is 23.2. The largest absolute Gasteiger partial charge is 0.147 e. The third-order valence-corrected chi connectivity index (χ3v) is 20.0. The zero-order valence-electron chi connectivity index (χ0n) is 37.1. The van der Waals surface area contributed by atoms with E-state index in [1.54, 1.807) is 77.0 Å².